The zero-order valence-corrected chi connectivity index (χ0v) is 14.2. The summed E-state index contributed by atoms with van der Waals surface area (Å²) < 4.78 is 0.656. The predicted molar refractivity (Wildman–Crippen MR) is 86.7 cm³/mol. The van der Waals surface area contributed by atoms with Gasteiger partial charge in [0.2, 0.25) is 0 Å². The Morgan fingerprint density at radius 2 is 1.62 bits per heavy atom. The first-order valence-corrected chi connectivity index (χ1v) is 7.84. The molecule has 0 saturated carbocycles. The Kier molecular flexibility index (Phi) is 14.0. The van der Waals surface area contributed by atoms with Gasteiger partial charge in [0.05, 0.1) is 21.1 Å². The van der Waals surface area contributed by atoms with E-state index in [-0.39, 0.29) is 6.23 Å². The Bertz CT molecular complexity index is 255. The van der Waals surface area contributed by atoms with E-state index in [9.17, 15) is 9.90 Å². The van der Waals surface area contributed by atoms with Gasteiger partial charge in [0.15, 0.2) is 6.23 Å². The van der Waals surface area contributed by atoms with Crippen molar-refractivity contribution >= 4 is 5.97 Å². The minimum absolute atomic E-state index is 0.193. The van der Waals surface area contributed by atoms with Crippen molar-refractivity contribution in [2.75, 3.05) is 27.7 Å². The molecule has 0 spiro atoms. The number of carbonyl (C=O) groups is 1. The van der Waals surface area contributed by atoms with Crippen molar-refractivity contribution in [3.05, 3.63) is 0 Å². The van der Waals surface area contributed by atoms with Crippen LogP contribution in [0.5, 0.6) is 0 Å². The van der Waals surface area contributed by atoms with Gasteiger partial charge in [-0.2, -0.15) is 0 Å². The molecule has 6 N–H and O–H groups in total. The number of carboxylic acid groups (broad SMARTS) is 1. The van der Waals surface area contributed by atoms with Crippen molar-refractivity contribution < 1.29 is 19.5 Å². The van der Waals surface area contributed by atoms with E-state index in [1.54, 1.807) is 0 Å². The normalized spacial score (nSPS) is 14.0. The lowest BCUT2D eigenvalue weighted by atomic mass is 10.1. The van der Waals surface area contributed by atoms with E-state index in [1.807, 2.05) is 21.1 Å². The standard InChI is InChI=1S/C9H22NO.C6H14N2O2/c1-5-6-7-8-9(11)10(2,3)4;7-4-2-1-3-5(8)6(9)10/h9,11H,5-8H2,1-4H3;5H,1-4,7-8H2,(H,9,10)/q+1;. The van der Waals surface area contributed by atoms with Crippen molar-refractivity contribution in [1.29, 1.82) is 0 Å². The minimum atomic E-state index is -0.933. The summed E-state index contributed by atoms with van der Waals surface area (Å²) in [6.45, 7) is 2.78. The molecular weight excluding hydrogens is 270 g/mol. The molecule has 0 heterocycles. The van der Waals surface area contributed by atoms with Crippen molar-refractivity contribution in [2.24, 2.45) is 11.5 Å². The molecule has 0 amide bonds. The second-order valence-electron chi connectivity index (χ2n) is 6.32. The van der Waals surface area contributed by atoms with Crippen LogP contribution in [0.1, 0.15) is 51.9 Å². The number of nitrogens with zero attached hydrogens (tertiary/aromatic N) is 1. The quantitative estimate of drug-likeness (QED) is 0.275. The summed E-state index contributed by atoms with van der Waals surface area (Å²) in [6, 6.07) is -0.716. The number of aliphatic hydroxyl groups is 1. The predicted octanol–water partition coefficient (Wildman–Crippen LogP) is 1.12. The van der Waals surface area contributed by atoms with E-state index in [0.29, 0.717) is 17.4 Å². The van der Waals surface area contributed by atoms with Gasteiger partial charge in [-0.05, 0) is 25.8 Å². The van der Waals surface area contributed by atoms with Crippen LogP contribution in [0.3, 0.4) is 0 Å². The second-order valence-corrected chi connectivity index (χ2v) is 6.32. The molecule has 0 aliphatic heterocycles. The number of aliphatic hydroxyl groups excluding tert-OH is 1. The summed E-state index contributed by atoms with van der Waals surface area (Å²) in [6.07, 6.45) is 6.50. The van der Waals surface area contributed by atoms with Crippen LogP contribution in [0.4, 0.5) is 0 Å². The highest BCUT2D eigenvalue weighted by atomic mass is 16.4. The maximum atomic E-state index is 10.1. The van der Waals surface area contributed by atoms with Gasteiger partial charge in [0, 0.05) is 6.42 Å². The molecule has 0 radical (unpaired) electrons. The number of aliphatic carboxylic acids is 1. The summed E-state index contributed by atoms with van der Waals surface area (Å²) in [5, 5.41) is 17.9. The van der Waals surface area contributed by atoms with Gasteiger partial charge < -0.3 is 26.2 Å². The van der Waals surface area contributed by atoms with Crippen LogP contribution >= 0.6 is 0 Å². The van der Waals surface area contributed by atoms with E-state index >= 15 is 0 Å². The van der Waals surface area contributed by atoms with Crippen LogP contribution in [-0.2, 0) is 4.79 Å². The van der Waals surface area contributed by atoms with E-state index < -0.39 is 12.0 Å². The number of rotatable bonds is 10. The molecule has 2 unspecified atom stereocenters. The SMILES string of the molecule is CCCCCC(O)[N+](C)(C)C.NCCCCC(N)C(=O)O. The van der Waals surface area contributed by atoms with E-state index in [4.69, 9.17) is 16.6 Å². The van der Waals surface area contributed by atoms with Gasteiger partial charge in [0.1, 0.15) is 6.04 Å². The Morgan fingerprint density at radius 3 is 2.00 bits per heavy atom. The van der Waals surface area contributed by atoms with E-state index in [1.165, 1.54) is 12.8 Å². The van der Waals surface area contributed by atoms with Crippen LogP contribution in [0.25, 0.3) is 0 Å². The Labute approximate surface area is 129 Å². The highest BCUT2D eigenvalue weighted by Gasteiger charge is 2.18. The molecule has 0 bridgehead atoms. The minimum Gasteiger partial charge on any atom is -0.480 e. The lowest BCUT2D eigenvalue weighted by Crippen LogP contribution is -2.44. The topological polar surface area (TPSA) is 110 Å². The monoisotopic (exact) mass is 306 g/mol. The molecule has 21 heavy (non-hydrogen) atoms. The van der Waals surface area contributed by atoms with Crippen LogP contribution < -0.4 is 11.5 Å². The van der Waals surface area contributed by atoms with Gasteiger partial charge in [-0.3, -0.25) is 4.79 Å². The van der Waals surface area contributed by atoms with Gasteiger partial charge in [-0.25, -0.2) is 0 Å². The summed E-state index contributed by atoms with van der Waals surface area (Å²) in [4.78, 5) is 10.1. The molecule has 6 nitrogen and oxygen atoms in total. The average Bonchev–Trinajstić information content (AvgIpc) is 2.38. The van der Waals surface area contributed by atoms with Gasteiger partial charge in [-0.15, -0.1) is 0 Å². The second kappa shape index (κ2) is 13.0. The number of carboxylic acids is 1. The van der Waals surface area contributed by atoms with Gasteiger partial charge >= 0.3 is 5.97 Å². The molecule has 128 valence electrons. The molecule has 0 aromatic carbocycles. The number of unbranched alkanes of at least 4 members (excludes halogenated alkanes) is 3. The molecule has 0 aromatic heterocycles. The zero-order valence-electron chi connectivity index (χ0n) is 14.2. The van der Waals surface area contributed by atoms with Crippen LogP contribution in [-0.4, -0.2) is 60.6 Å². The van der Waals surface area contributed by atoms with Crippen molar-refractivity contribution in [3.8, 4) is 0 Å². The largest absolute Gasteiger partial charge is 0.480 e. The first kappa shape index (κ1) is 22.6. The molecule has 0 rings (SSSR count). The Balaban J connectivity index is 0. The van der Waals surface area contributed by atoms with Gasteiger partial charge in [0.25, 0.3) is 0 Å². The van der Waals surface area contributed by atoms with Crippen molar-refractivity contribution in [2.45, 2.75) is 64.1 Å². The first-order chi connectivity index (χ1) is 9.66. The number of hydrogen-bond donors (Lipinski definition) is 4. The van der Waals surface area contributed by atoms with Gasteiger partial charge in [-0.1, -0.05) is 26.2 Å². The first-order valence-electron chi connectivity index (χ1n) is 7.84. The average molecular weight is 306 g/mol. The summed E-state index contributed by atoms with van der Waals surface area (Å²) >= 11 is 0. The third-order valence-electron chi connectivity index (χ3n) is 3.25. The summed E-state index contributed by atoms with van der Waals surface area (Å²) in [7, 11) is 6.07. The number of hydrogen-bond acceptors (Lipinski definition) is 4. The van der Waals surface area contributed by atoms with Crippen molar-refractivity contribution in [3.63, 3.8) is 0 Å². The Hall–Kier alpha value is -0.690. The molecular formula is C15H36N3O3+. The van der Waals surface area contributed by atoms with E-state index in [2.05, 4.69) is 6.92 Å². The fourth-order valence-corrected chi connectivity index (χ4v) is 1.60. The molecule has 2 atom stereocenters. The van der Waals surface area contributed by atoms with Crippen LogP contribution in [0, 0.1) is 0 Å². The maximum absolute atomic E-state index is 10.1. The molecule has 0 aliphatic rings. The third-order valence-corrected chi connectivity index (χ3v) is 3.25. The van der Waals surface area contributed by atoms with E-state index in [0.717, 1.165) is 25.7 Å². The lowest BCUT2D eigenvalue weighted by Gasteiger charge is -2.29. The smallest absolute Gasteiger partial charge is 0.320 e. The summed E-state index contributed by atoms with van der Waals surface area (Å²) in [5.41, 5.74) is 10.4. The Morgan fingerprint density at radius 1 is 1.10 bits per heavy atom. The highest BCUT2D eigenvalue weighted by Crippen LogP contribution is 2.09. The third kappa shape index (κ3) is 15.5. The number of nitrogens with two attached hydrogens (primary N) is 2. The molecule has 6 heteroatoms. The molecule has 0 aliphatic carbocycles. The molecule has 0 aromatic rings. The van der Waals surface area contributed by atoms with Crippen molar-refractivity contribution in [1.82, 2.24) is 0 Å². The highest BCUT2D eigenvalue weighted by molar-refractivity contribution is 5.72. The summed E-state index contributed by atoms with van der Waals surface area (Å²) in [5.74, 6) is -0.933. The maximum Gasteiger partial charge on any atom is 0.320 e. The van der Waals surface area contributed by atoms with Crippen LogP contribution in [0.2, 0.25) is 0 Å². The van der Waals surface area contributed by atoms with Crippen LogP contribution in [0.15, 0.2) is 0 Å². The number of quaternary nitrogens is 1. The fraction of sp³-hybridized carbons (Fsp3) is 0.933. The fourth-order valence-electron chi connectivity index (χ4n) is 1.60. The molecule has 0 fully saturated rings. The lowest BCUT2D eigenvalue weighted by molar-refractivity contribution is -0.919. The zero-order chi connectivity index (χ0) is 16.9. The molecule has 0 saturated heterocycles.